The van der Waals surface area contributed by atoms with Crippen LogP contribution in [-0.2, 0) is 4.79 Å². The highest BCUT2D eigenvalue weighted by Crippen LogP contribution is 2.02. The Labute approximate surface area is 74.8 Å². The fourth-order valence-electron chi connectivity index (χ4n) is 0.923. The summed E-state index contributed by atoms with van der Waals surface area (Å²) in [6.07, 6.45) is 0. The van der Waals surface area contributed by atoms with E-state index in [1.54, 1.807) is 0 Å². The molecule has 1 rings (SSSR count). The van der Waals surface area contributed by atoms with Gasteiger partial charge in [0.25, 0.3) is 0 Å². The minimum absolute atomic E-state index is 0.0262. The maximum Gasteiger partial charge on any atom is 0.221 e. The first-order valence-corrected chi connectivity index (χ1v) is 5.28. The molecule has 0 aromatic heterocycles. The number of amides is 1. The number of anilines is 1. The van der Waals surface area contributed by atoms with Crippen LogP contribution in [0.2, 0.25) is 6.55 Å². The number of carbonyl (C=O) groups is 1. The van der Waals surface area contributed by atoms with Gasteiger partial charge in [0.2, 0.25) is 5.91 Å². The number of carbonyl (C=O) groups excluding carboxylic acids is 1. The van der Waals surface area contributed by atoms with Gasteiger partial charge < -0.3 is 5.32 Å². The van der Waals surface area contributed by atoms with Crippen molar-refractivity contribution in [2.24, 2.45) is 0 Å². The Balaban J connectivity index is 2.71. The molecule has 0 bridgehead atoms. The van der Waals surface area contributed by atoms with E-state index in [2.05, 4.69) is 11.9 Å². The molecule has 0 aliphatic heterocycles. The van der Waals surface area contributed by atoms with Crippen molar-refractivity contribution in [3.8, 4) is 0 Å². The van der Waals surface area contributed by atoms with Crippen molar-refractivity contribution < 1.29 is 4.79 Å². The van der Waals surface area contributed by atoms with Gasteiger partial charge in [-0.2, -0.15) is 0 Å². The SMILES string of the molecule is C[Si]c1ccc(NC(C)=O)cc1. The normalized spacial score (nSPS) is 9.50. The standard InChI is InChI=1S/C9H11NOSi/c1-7(11)10-8-3-5-9(12-2)6-4-8/h3-6H,1-2H3,(H,10,11). The van der Waals surface area contributed by atoms with Crippen molar-refractivity contribution in [1.82, 2.24) is 0 Å². The van der Waals surface area contributed by atoms with Crippen LogP contribution in [0.1, 0.15) is 6.92 Å². The van der Waals surface area contributed by atoms with E-state index in [9.17, 15) is 4.79 Å². The molecular formula is C9H11NOSi. The summed E-state index contributed by atoms with van der Waals surface area (Å²) in [5, 5.41) is 4.03. The van der Waals surface area contributed by atoms with Gasteiger partial charge in [0.1, 0.15) is 0 Å². The summed E-state index contributed by atoms with van der Waals surface area (Å²) in [5.74, 6) is -0.0262. The van der Waals surface area contributed by atoms with Crippen molar-refractivity contribution in [3.63, 3.8) is 0 Å². The quantitative estimate of drug-likeness (QED) is 0.671. The largest absolute Gasteiger partial charge is 0.326 e. The Kier molecular flexibility index (Phi) is 3.05. The summed E-state index contributed by atoms with van der Waals surface area (Å²) in [7, 11) is 0.810. The molecule has 0 heterocycles. The van der Waals surface area contributed by atoms with Gasteiger partial charge in [0.05, 0.1) is 9.52 Å². The molecule has 3 heteroatoms. The van der Waals surface area contributed by atoms with E-state index >= 15 is 0 Å². The second-order valence-corrected chi connectivity index (χ2v) is 3.59. The summed E-state index contributed by atoms with van der Waals surface area (Å²) in [4.78, 5) is 10.7. The third kappa shape index (κ3) is 2.51. The lowest BCUT2D eigenvalue weighted by atomic mass is 10.3. The third-order valence-electron chi connectivity index (χ3n) is 1.49. The van der Waals surface area contributed by atoms with E-state index in [0.29, 0.717) is 0 Å². The van der Waals surface area contributed by atoms with Gasteiger partial charge in [-0.3, -0.25) is 4.79 Å². The third-order valence-corrected chi connectivity index (χ3v) is 2.40. The van der Waals surface area contributed by atoms with Crippen molar-refractivity contribution in [1.29, 1.82) is 0 Å². The summed E-state index contributed by atoms with van der Waals surface area (Å²) in [6.45, 7) is 3.64. The van der Waals surface area contributed by atoms with Crippen LogP contribution in [0.3, 0.4) is 0 Å². The zero-order valence-corrected chi connectivity index (χ0v) is 8.22. The molecule has 0 unspecified atom stereocenters. The lowest BCUT2D eigenvalue weighted by Crippen LogP contribution is -2.11. The lowest BCUT2D eigenvalue weighted by Gasteiger charge is -2.01. The second-order valence-electron chi connectivity index (χ2n) is 2.51. The Morgan fingerprint density at radius 1 is 1.33 bits per heavy atom. The predicted octanol–water partition coefficient (Wildman–Crippen LogP) is 1.02. The molecule has 62 valence electrons. The summed E-state index contributed by atoms with van der Waals surface area (Å²) in [5.41, 5.74) is 0.865. The molecule has 0 spiro atoms. The molecule has 12 heavy (non-hydrogen) atoms. The monoisotopic (exact) mass is 177 g/mol. The van der Waals surface area contributed by atoms with Crippen LogP contribution in [-0.4, -0.2) is 15.4 Å². The fourth-order valence-corrected chi connectivity index (χ4v) is 1.42. The first-order valence-electron chi connectivity index (χ1n) is 3.78. The van der Waals surface area contributed by atoms with Gasteiger partial charge in [0.15, 0.2) is 0 Å². The molecule has 2 radical (unpaired) electrons. The summed E-state index contributed by atoms with van der Waals surface area (Å²) in [6, 6.07) is 7.91. The highest BCUT2D eigenvalue weighted by atomic mass is 28.2. The Hall–Kier alpha value is -1.09. The summed E-state index contributed by atoms with van der Waals surface area (Å²) >= 11 is 0. The topological polar surface area (TPSA) is 29.1 Å². The van der Waals surface area contributed by atoms with Gasteiger partial charge in [-0.25, -0.2) is 0 Å². The van der Waals surface area contributed by atoms with Crippen LogP contribution in [0.4, 0.5) is 5.69 Å². The Morgan fingerprint density at radius 3 is 2.33 bits per heavy atom. The number of benzene rings is 1. The molecule has 1 amide bonds. The molecule has 1 N–H and O–H groups in total. The average Bonchev–Trinajstić information content (AvgIpc) is 2.05. The van der Waals surface area contributed by atoms with Crippen molar-refractivity contribution >= 4 is 26.3 Å². The highest BCUT2D eigenvalue weighted by Gasteiger charge is 1.94. The van der Waals surface area contributed by atoms with E-state index in [-0.39, 0.29) is 5.91 Å². The molecule has 1 aromatic rings. The molecule has 0 aliphatic rings. The lowest BCUT2D eigenvalue weighted by molar-refractivity contribution is -0.114. The molecule has 0 saturated carbocycles. The van der Waals surface area contributed by atoms with Crippen LogP contribution in [0.15, 0.2) is 24.3 Å². The van der Waals surface area contributed by atoms with E-state index in [4.69, 9.17) is 0 Å². The van der Waals surface area contributed by atoms with Crippen LogP contribution >= 0.6 is 0 Å². The molecular weight excluding hydrogens is 166 g/mol. The van der Waals surface area contributed by atoms with E-state index in [1.165, 1.54) is 12.1 Å². The Bertz CT molecular complexity index is 268. The number of hydrogen-bond acceptors (Lipinski definition) is 1. The predicted molar refractivity (Wildman–Crippen MR) is 52.0 cm³/mol. The average molecular weight is 177 g/mol. The van der Waals surface area contributed by atoms with Crippen molar-refractivity contribution in [2.45, 2.75) is 13.5 Å². The number of nitrogens with one attached hydrogen (secondary N) is 1. The minimum atomic E-state index is -0.0262. The first-order chi connectivity index (χ1) is 5.72. The molecule has 0 aliphatic carbocycles. The fraction of sp³-hybridized carbons (Fsp3) is 0.222. The zero-order valence-electron chi connectivity index (χ0n) is 7.22. The van der Waals surface area contributed by atoms with Crippen LogP contribution in [0.5, 0.6) is 0 Å². The zero-order chi connectivity index (χ0) is 8.97. The number of rotatable bonds is 2. The van der Waals surface area contributed by atoms with E-state index in [0.717, 1.165) is 15.2 Å². The van der Waals surface area contributed by atoms with Crippen LogP contribution in [0.25, 0.3) is 0 Å². The van der Waals surface area contributed by atoms with Gasteiger partial charge in [-0.15, -0.1) is 0 Å². The second kappa shape index (κ2) is 4.06. The first kappa shape index (κ1) is 9.00. The maximum atomic E-state index is 10.7. The maximum absolute atomic E-state index is 10.7. The van der Waals surface area contributed by atoms with E-state index < -0.39 is 0 Å². The van der Waals surface area contributed by atoms with Crippen molar-refractivity contribution in [2.75, 3.05) is 5.32 Å². The summed E-state index contributed by atoms with van der Waals surface area (Å²) < 4.78 is 0. The molecule has 2 nitrogen and oxygen atoms in total. The molecule has 0 saturated heterocycles. The van der Waals surface area contributed by atoms with Gasteiger partial charge in [-0.05, 0) is 12.1 Å². The van der Waals surface area contributed by atoms with Crippen LogP contribution in [0, 0.1) is 0 Å². The smallest absolute Gasteiger partial charge is 0.221 e. The number of hydrogen-bond donors (Lipinski definition) is 1. The van der Waals surface area contributed by atoms with Crippen molar-refractivity contribution in [3.05, 3.63) is 24.3 Å². The Morgan fingerprint density at radius 2 is 1.92 bits per heavy atom. The minimum Gasteiger partial charge on any atom is -0.326 e. The van der Waals surface area contributed by atoms with E-state index in [1.807, 2.05) is 24.3 Å². The van der Waals surface area contributed by atoms with Gasteiger partial charge >= 0.3 is 0 Å². The van der Waals surface area contributed by atoms with Crippen LogP contribution < -0.4 is 10.5 Å². The molecule has 0 fully saturated rings. The van der Waals surface area contributed by atoms with Gasteiger partial charge in [0, 0.05) is 12.6 Å². The molecule has 0 atom stereocenters. The highest BCUT2D eigenvalue weighted by molar-refractivity contribution is 6.51. The van der Waals surface area contributed by atoms with Gasteiger partial charge in [-0.1, -0.05) is 23.9 Å². The molecule has 1 aromatic carbocycles.